The third-order valence-electron chi connectivity index (χ3n) is 4.34. The van der Waals surface area contributed by atoms with Crippen LogP contribution in [-0.4, -0.2) is 45.9 Å². The summed E-state index contributed by atoms with van der Waals surface area (Å²) >= 11 is 1.85. The van der Waals surface area contributed by atoms with E-state index in [2.05, 4.69) is 16.2 Å². The zero-order valence-electron chi connectivity index (χ0n) is 13.3. The Morgan fingerprint density at radius 2 is 2.39 bits per heavy atom. The predicted molar refractivity (Wildman–Crippen MR) is 92.1 cm³/mol. The number of thioether (sulfide) groups is 1. The maximum absolute atomic E-state index is 13.2. The van der Waals surface area contributed by atoms with E-state index in [1.165, 1.54) is 18.6 Å². The van der Waals surface area contributed by atoms with E-state index < -0.39 is 0 Å². The highest BCUT2D eigenvalue weighted by molar-refractivity contribution is 7.98. The summed E-state index contributed by atoms with van der Waals surface area (Å²) in [6.45, 7) is 1.75. The molecule has 0 bridgehead atoms. The monoisotopic (exact) mass is 335 g/mol. The van der Waals surface area contributed by atoms with E-state index in [1.54, 1.807) is 6.07 Å². The van der Waals surface area contributed by atoms with Crippen LogP contribution in [-0.2, 0) is 11.2 Å². The summed E-state index contributed by atoms with van der Waals surface area (Å²) in [6.07, 6.45) is 5.46. The van der Waals surface area contributed by atoms with Gasteiger partial charge in [-0.15, -0.1) is 0 Å². The molecule has 4 nitrogen and oxygen atoms in total. The lowest BCUT2D eigenvalue weighted by Gasteiger charge is -2.32. The molecule has 1 atom stereocenters. The number of fused-ring (bicyclic) bond motifs is 1. The van der Waals surface area contributed by atoms with Crippen molar-refractivity contribution in [2.24, 2.45) is 5.92 Å². The lowest BCUT2D eigenvalue weighted by atomic mass is 9.99. The van der Waals surface area contributed by atoms with E-state index in [0.29, 0.717) is 24.3 Å². The zero-order chi connectivity index (χ0) is 16.2. The molecule has 23 heavy (non-hydrogen) atoms. The van der Waals surface area contributed by atoms with Crippen molar-refractivity contribution in [3.05, 3.63) is 29.8 Å². The number of piperidine rings is 1. The first kappa shape index (κ1) is 16.3. The summed E-state index contributed by atoms with van der Waals surface area (Å²) in [7, 11) is 0. The van der Waals surface area contributed by atoms with Crippen LogP contribution in [0.15, 0.2) is 18.2 Å². The summed E-state index contributed by atoms with van der Waals surface area (Å²) < 4.78 is 13.2. The second-order valence-corrected chi connectivity index (χ2v) is 7.06. The van der Waals surface area contributed by atoms with E-state index in [0.717, 1.165) is 36.6 Å². The van der Waals surface area contributed by atoms with Crippen LogP contribution in [0.2, 0.25) is 0 Å². The van der Waals surface area contributed by atoms with E-state index in [9.17, 15) is 9.18 Å². The van der Waals surface area contributed by atoms with Gasteiger partial charge in [0.05, 0.1) is 11.0 Å². The Hall–Kier alpha value is -1.56. The molecule has 2 aromatic rings. The number of halogens is 1. The van der Waals surface area contributed by atoms with E-state index in [-0.39, 0.29) is 11.7 Å². The van der Waals surface area contributed by atoms with Crippen molar-refractivity contribution in [3.63, 3.8) is 0 Å². The lowest BCUT2D eigenvalue weighted by Crippen LogP contribution is -2.40. The molecule has 0 spiro atoms. The topological polar surface area (TPSA) is 49.0 Å². The van der Waals surface area contributed by atoms with Crippen LogP contribution < -0.4 is 0 Å². The minimum absolute atomic E-state index is 0.197. The third-order valence-corrected chi connectivity index (χ3v) is 5.15. The van der Waals surface area contributed by atoms with Crippen molar-refractivity contribution in [1.29, 1.82) is 0 Å². The molecule has 1 fully saturated rings. The van der Waals surface area contributed by atoms with Crippen LogP contribution in [0.4, 0.5) is 4.39 Å². The number of hydrogen-bond donors (Lipinski definition) is 1. The number of rotatable bonds is 5. The molecule has 2 heterocycles. The second-order valence-electron chi connectivity index (χ2n) is 6.15. The number of benzene rings is 1. The van der Waals surface area contributed by atoms with Gasteiger partial charge in [0.2, 0.25) is 5.91 Å². The van der Waals surface area contributed by atoms with Crippen LogP contribution in [0.1, 0.15) is 25.1 Å². The number of carbonyl (C=O) groups excluding carboxylic acids is 1. The quantitative estimate of drug-likeness (QED) is 0.912. The number of nitrogens with zero attached hydrogens (tertiary/aromatic N) is 2. The number of H-pyrrole nitrogens is 1. The van der Waals surface area contributed by atoms with Gasteiger partial charge < -0.3 is 9.88 Å². The van der Waals surface area contributed by atoms with E-state index >= 15 is 0 Å². The zero-order valence-corrected chi connectivity index (χ0v) is 14.2. The fourth-order valence-electron chi connectivity index (χ4n) is 3.20. The molecule has 3 rings (SSSR count). The van der Waals surface area contributed by atoms with Crippen molar-refractivity contribution in [1.82, 2.24) is 14.9 Å². The highest BCUT2D eigenvalue weighted by Crippen LogP contribution is 2.21. The van der Waals surface area contributed by atoms with Gasteiger partial charge in [0, 0.05) is 25.9 Å². The normalized spacial score (nSPS) is 18.5. The Labute approximate surface area is 139 Å². The Balaban J connectivity index is 1.57. The minimum atomic E-state index is -0.281. The summed E-state index contributed by atoms with van der Waals surface area (Å²) in [4.78, 5) is 21.9. The average molecular weight is 335 g/mol. The number of likely N-dealkylation sites (tertiary alicyclic amines) is 1. The molecular weight excluding hydrogens is 313 g/mol. The largest absolute Gasteiger partial charge is 0.342 e. The Morgan fingerprint density at radius 1 is 1.52 bits per heavy atom. The van der Waals surface area contributed by atoms with Gasteiger partial charge >= 0.3 is 0 Å². The Bertz CT molecular complexity index is 686. The summed E-state index contributed by atoms with van der Waals surface area (Å²) in [6, 6.07) is 4.49. The summed E-state index contributed by atoms with van der Waals surface area (Å²) in [5, 5.41) is 0. The Kier molecular flexibility index (Phi) is 5.20. The van der Waals surface area contributed by atoms with Gasteiger partial charge in [0.1, 0.15) is 11.6 Å². The number of nitrogens with one attached hydrogen (secondary N) is 1. The number of amides is 1. The van der Waals surface area contributed by atoms with Gasteiger partial charge in [-0.1, -0.05) is 0 Å². The lowest BCUT2D eigenvalue weighted by molar-refractivity contribution is -0.132. The number of aryl methyl sites for hydroxylation is 1. The van der Waals surface area contributed by atoms with Gasteiger partial charge in [-0.3, -0.25) is 4.79 Å². The molecule has 1 aromatic heterocycles. The molecule has 0 radical (unpaired) electrons. The fourth-order valence-corrected chi connectivity index (χ4v) is 3.94. The molecule has 1 N–H and O–H groups in total. The highest BCUT2D eigenvalue weighted by atomic mass is 32.2. The molecule has 1 amide bonds. The van der Waals surface area contributed by atoms with E-state index in [4.69, 9.17) is 0 Å². The molecule has 1 aromatic carbocycles. The van der Waals surface area contributed by atoms with Gasteiger partial charge in [-0.2, -0.15) is 11.8 Å². The van der Waals surface area contributed by atoms with Crippen molar-refractivity contribution in [2.75, 3.05) is 25.1 Å². The standard InChI is InChI=1S/C17H22FN3OS/c1-23-11-12-3-2-8-21(10-12)17(22)7-6-16-19-14-5-4-13(18)9-15(14)20-16/h4-5,9,12H,2-3,6-8,10-11H2,1H3,(H,19,20)/t12-/m1/s1. The molecule has 0 aliphatic carbocycles. The molecule has 0 saturated carbocycles. The van der Waals surface area contributed by atoms with E-state index in [1.807, 2.05) is 16.7 Å². The Morgan fingerprint density at radius 3 is 3.22 bits per heavy atom. The third kappa shape index (κ3) is 4.05. The van der Waals surface area contributed by atoms with Crippen molar-refractivity contribution in [3.8, 4) is 0 Å². The molecule has 1 aliphatic rings. The summed E-state index contributed by atoms with van der Waals surface area (Å²) in [5.74, 6) is 2.41. The molecule has 1 saturated heterocycles. The van der Waals surface area contributed by atoms with Crippen LogP contribution in [0, 0.1) is 11.7 Å². The van der Waals surface area contributed by atoms with Gasteiger partial charge in [-0.25, -0.2) is 9.37 Å². The predicted octanol–water partition coefficient (Wildman–Crippen LogP) is 3.24. The number of aromatic amines is 1. The number of imidazole rings is 1. The van der Waals surface area contributed by atoms with Crippen LogP contribution in [0.25, 0.3) is 11.0 Å². The number of carbonyl (C=O) groups is 1. The SMILES string of the molecule is CSC[C@@H]1CCCN(C(=O)CCc2nc3ccc(F)cc3[nH]2)C1. The molecule has 124 valence electrons. The second kappa shape index (κ2) is 7.34. The smallest absolute Gasteiger partial charge is 0.223 e. The van der Waals surface area contributed by atoms with Crippen LogP contribution >= 0.6 is 11.8 Å². The first-order valence-electron chi connectivity index (χ1n) is 8.06. The maximum atomic E-state index is 13.2. The van der Waals surface area contributed by atoms with Gasteiger partial charge in [0.25, 0.3) is 0 Å². The molecule has 1 aliphatic heterocycles. The molecular formula is C17H22FN3OS. The highest BCUT2D eigenvalue weighted by Gasteiger charge is 2.23. The minimum Gasteiger partial charge on any atom is -0.342 e. The maximum Gasteiger partial charge on any atom is 0.223 e. The van der Waals surface area contributed by atoms with Crippen molar-refractivity contribution in [2.45, 2.75) is 25.7 Å². The van der Waals surface area contributed by atoms with Crippen LogP contribution in [0.3, 0.4) is 0 Å². The first-order chi connectivity index (χ1) is 11.2. The molecule has 0 unspecified atom stereocenters. The first-order valence-corrected chi connectivity index (χ1v) is 9.46. The average Bonchev–Trinajstić information content (AvgIpc) is 2.95. The van der Waals surface area contributed by atoms with Crippen molar-refractivity contribution < 1.29 is 9.18 Å². The van der Waals surface area contributed by atoms with Crippen molar-refractivity contribution >= 4 is 28.7 Å². The van der Waals surface area contributed by atoms with Gasteiger partial charge in [-0.05, 0) is 49.0 Å². The fraction of sp³-hybridized carbons (Fsp3) is 0.529. The van der Waals surface area contributed by atoms with Crippen LogP contribution in [0.5, 0.6) is 0 Å². The number of hydrogen-bond acceptors (Lipinski definition) is 3. The van der Waals surface area contributed by atoms with Gasteiger partial charge in [0.15, 0.2) is 0 Å². The number of aromatic nitrogens is 2. The molecule has 6 heteroatoms. The summed E-state index contributed by atoms with van der Waals surface area (Å²) in [5.41, 5.74) is 1.43.